The minimum absolute atomic E-state index is 0.146. The van der Waals surface area contributed by atoms with Crippen molar-refractivity contribution in [2.45, 2.75) is 31.8 Å². The van der Waals surface area contributed by atoms with Gasteiger partial charge < -0.3 is 10.6 Å². The van der Waals surface area contributed by atoms with E-state index in [1.165, 1.54) is 5.56 Å². The van der Waals surface area contributed by atoms with Gasteiger partial charge >= 0.3 is 0 Å². The van der Waals surface area contributed by atoms with Gasteiger partial charge in [-0.2, -0.15) is 11.8 Å². The van der Waals surface area contributed by atoms with Crippen LogP contribution >= 0.6 is 27.7 Å². The SMILES string of the molecule is CC(Cc1cccc(Br)c1)NC(=O)CC1CSCCN1. The van der Waals surface area contributed by atoms with Crippen molar-refractivity contribution in [2.75, 3.05) is 18.1 Å². The molecule has 0 aromatic heterocycles. The highest BCUT2D eigenvalue weighted by molar-refractivity contribution is 9.10. The van der Waals surface area contributed by atoms with Gasteiger partial charge in [0.25, 0.3) is 0 Å². The van der Waals surface area contributed by atoms with Crippen LogP contribution in [-0.2, 0) is 11.2 Å². The van der Waals surface area contributed by atoms with Crippen LogP contribution in [0.2, 0.25) is 0 Å². The molecule has 2 N–H and O–H groups in total. The second-order valence-corrected chi connectivity index (χ2v) is 7.30. The summed E-state index contributed by atoms with van der Waals surface area (Å²) in [4.78, 5) is 12.0. The molecule has 0 saturated carbocycles. The van der Waals surface area contributed by atoms with E-state index in [0.29, 0.717) is 12.5 Å². The first-order valence-electron chi connectivity index (χ1n) is 6.98. The lowest BCUT2D eigenvalue weighted by molar-refractivity contribution is -0.122. The fourth-order valence-corrected chi connectivity index (χ4v) is 3.77. The van der Waals surface area contributed by atoms with E-state index in [1.54, 1.807) is 0 Å². The predicted octanol–water partition coefficient (Wildman–Crippen LogP) is 2.59. The summed E-state index contributed by atoms with van der Waals surface area (Å²) in [6.45, 7) is 3.07. The molecule has 1 saturated heterocycles. The minimum Gasteiger partial charge on any atom is -0.353 e. The molecule has 0 aliphatic carbocycles. The Bertz CT molecular complexity index is 449. The number of rotatable bonds is 5. The van der Waals surface area contributed by atoms with E-state index < -0.39 is 0 Å². The molecular weight excluding hydrogens is 336 g/mol. The number of carbonyl (C=O) groups is 1. The molecule has 1 fully saturated rings. The van der Waals surface area contributed by atoms with Gasteiger partial charge in [0, 0.05) is 41.0 Å². The van der Waals surface area contributed by atoms with Crippen LogP contribution in [-0.4, -0.2) is 36.0 Å². The van der Waals surface area contributed by atoms with Crippen molar-refractivity contribution < 1.29 is 4.79 Å². The van der Waals surface area contributed by atoms with E-state index in [1.807, 2.05) is 23.9 Å². The molecule has 0 spiro atoms. The van der Waals surface area contributed by atoms with E-state index in [2.05, 4.69) is 45.6 Å². The monoisotopic (exact) mass is 356 g/mol. The van der Waals surface area contributed by atoms with Gasteiger partial charge in [0.1, 0.15) is 0 Å². The van der Waals surface area contributed by atoms with Crippen LogP contribution in [0, 0.1) is 0 Å². The molecule has 110 valence electrons. The summed E-state index contributed by atoms with van der Waals surface area (Å²) in [7, 11) is 0. The molecule has 0 bridgehead atoms. The number of thioether (sulfide) groups is 1. The van der Waals surface area contributed by atoms with E-state index in [0.717, 1.165) is 28.9 Å². The molecule has 1 amide bonds. The zero-order valence-corrected chi connectivity index (χ0v) is 14.1. The Kier molecular flexibility index (Phi) is 6.39. The van der Waals surface area contributed by atoms with Gasteiger partial charge in [-0.1, -0.05) is 28.1 Å². The number of benzene rings is 1. The van der Waals surface area contributed by atoms with Crippen LogP contribution in [0.15, 0.2) is 28.7 Å². The summed E-state index contributed by atoms with van der Waals surface area (Å²) in [5, 5.41) is 6.48. The Hall–Kier alpha value is -0.520. The highest BCUT2D eigenvalue weighted by Crippen LogP contribution is 2.13. The number of hydrogen-bond acceptors (Lipinski definition) is 3. The Morgan fingerprint density at radius 3 is 3.15 bits per heavy atom. The second kappa shape index (κ2) is 8.05. The Labute approximate surface area is 133 Å². The second-order valence-electron chi connectivity index (χ2n) is 5.23. The lowest BCUT2D eigenvalue weighted by atomic mass is 10.1. The summed E-state index contributed by atoms with van der Waals surface area (Å²) >= 11 is 5.39. The van der Waals surface area contributed by atoms with E-state index in [9.17, 15) is 4.79 Å². The molecular formula is C15H21BrN2OS. The van der Waals surface area contributed by atoms with Crippen molar-refractivity contribution in [3.05, 3.63) is 34.3 Å². The van der Waals surface area contributed by atoms with E-state index in [4.69, 9.17) is 0 Å². The molecule has 0 radical (unpaired) electrons. The quantitative estimate of drug-likeness (QED) is 0.851. The first-order chi connectivity index (χ1) is 9.63. The van der Waals surface area contributed by atoms with Crippen molar-refractivity contribution in [3.8, 4) is 0 Å². The van der Waals surface area contributed by atoms with Crippen molar-refractivity contribution in [2.24, 2.45) is 0 Å². The largest absolute Gasteiger partial charge is 0.353 e. The number of amides is 1. The molecule has 3 nitrogen and oxygen atoms in total. The average molecular weight is 357 g/mol. The number of nitrogens with one attached hydrogen (secondary N) is 2. The highest BCUT2D eigenvalue weighted by Gasteiger charge is 2.17. The van der Waals surface area contributed by atoms with E-state index >= 15 is 0 Å². The lowest BCUT2D eigenvalue weighted by Crippen LogP contribution is -2.43. The van der Waals surface area contributed by atoms with Gasteiger partial charge in [-0.05, 0) is 31.0 Å². The molecule has 5 heteroatoms. The van der Waals surface area contributed by atoms with Gasteiger partial charge in [0.2, 0.25) is 5.91 Å². The van der Waals surface area contributed by atoms with Gasteiger partial charge in [0.15, 0.2) is 0 Å². The van der Waals surface area contributed by atoms with Crippen LogP contribution in [0.25, 0.3) is 0 Å². The van der Waals surface area contributed by atoms with Crippen molar-refractivity contribution in [1.29, 1.82) is 0 Å². The van der Waals surface area contributed by atoms with Crippen molar-refractivity contribution in [1.82, 2.24) is 10.6 Å². The van der Waals surface area contributed by atoms with E-state index in [-0.39, 0.29) is 11.9 Å². The molecule has 1 aromatic carbocycles. The van der Waals surface area contributed by atoms with Gasteiger partial charge in [-0.25, -0.2) is 0 Å². The van der Waals surface area contributed by atoms with Crippen molar-refractivity contribution >= 4 is 33.6 Å². The molecule has 2 atom stereocenters. The maximum atomic E-state index is 12.0. The summed E-state index contributed by atoms with van der Waals surface area (Å²) in [6, 6.07) is 8.71. The summed E-state index contributed by atoms with van der Waals surface area (Å²) in [5.41, 5.74) is 1.23. The normalized spacial score (nSPS) is 20.4. The Morgan fingerprint density at radius 2 is 2.45 bits per heavy atom. The van der Waals surface area contributed by atoms with Gasteiger partial charge in [-0.3, -0.25) is 4.79 Å². The molecule has 20 heavy (non-hydrogen) atoms. The predicted molar refractivity (Wildman–Crippen MR) is 89.2 cm³/mol. The highest BCUT2D eigenvalue weighted by atomic mass is 79.9. The smallest absolute Gasteiger partial charge is 0.221 e. The maximum Gasteiger partial charge on any atom is 0.221 e. The zero-order chi connectivity index (χ0) is 14.4. The molecule has 1 aromatic rings. The zero-order valence-electron chi connectivity index (χ0n) is 11.7. The first-order valence-corrected chi connectivity index (χ1v) is 8.93. The van der Waals surface area contributed by atoms with Crippen molar-refractivity contribution in [3.63, 3.8) is 0 Å². The van der Waals surface area contributed by atoms with Gasteiger partial charge in [-0.15, -0.1) is 0 Å². The molecule has 1 aliphatic heterocycles. The third-order valence-electron chi connectivity index (χ3n) is 3.27. The van der Waals surface area contributed by atoms with Gasteiger partial charge in [0.05, 0.1) is 0 Å². The lowest BCUT2D eigenvalue weighted by Gasteiger charge is -2.23. The summed E-state index contributed by atoms with van der Waals surface area (Å²) < 4.78 is 1.08. The molecule has 1 aliphatic rings. The molecule has 1 heterocycles. The third kappa shape index (κ3) is 5.46. The fourth-order valence-electron chi connectivity index (χ4n) is 2.38. The van der Waals surface area contributed by atoms with Crippen LogP contribution in [0.5, 0.6) is 0 Å². The molecule has 2 unspecified atom stereocenters. The standard InChI is InChI=1S/C15H21BrN2OS/c1-11(7-12-3-2-4-13(16)8-12)18-15(19)9-14-10-20-6-5-17-14/h2-4,8,11,14,17H,5-7,9-10H2,1H3,(H,18,19). The fraction of sp³-hybridized carbons (Fsp3) is 0.533. The summed E-state index contributed by atoms with van der Waals surface area (Å²) in [5.74, 6) is 2.33. The van der Waals surface area contributed by atoms with Crippen LogP contribution in [0.3, 0.4) is 0 Å². The van der Waals surface area contributed by atoms with Crippen LogP contribution in [0.4, 0.5) is 0 Å². The van der Waals surface area contributed by atoms with Crippen LogP contribution < -0.4 is 10.6 Å². The maximum absolute atomic E-state index is 12.0. The molecule has 2 rings (SSSR count). The van der Waals surface area contributed by atoms with Crippen LogP contribution in [0.1, 0.15) is 18.9 Å². The number of hydrogen-bond donors (Lipinski definition) is 2. The Balaban J connectivity index is 1.75. The number of halogens is 1. The summed E-state index contributed by atoms with van der Waals surface area (Å²) in [6.07, 6.45) is 1.44. The minimum atomic E-state index is 0.146. The third-order valence-corrected chi connectivity index (χ3v) is 4.89. The average Bonchev–Trinajstić information content (AvgIpc) is 2.39. The Morgan fingerprint density at radius 1 is 1.60 bits per heavy atom. The number of carbonyl (C=O) groups excluding carboxylic acids is 1. The topological polar surface area (TPSA) is 41.1 Å². The first kappa shape index (κ1) is 15.9.